The minimum atomic E-state index is -0.465. The van der Waals surface area contributed by atoms with Crippen molar-refractivity contribution in [1.29, 1.82) is 0 Å². The standard InChI is InChI=1S/C24H27N3O4/c1-16-20(5-4-12-25-16)23(28)26-13-10-18(11-14-26)21-22(31-3)24(29)27(21)15-17-6-8-19(30-2)9-7-17/h4-10,12,21-22H,11,13-15H2,1-3H3. The smallest absolute Gasteiger partial charge is 0.255 e. The highest BCUT2D eigenvalue weighted by molar-refractivity contribution is 5.95. The van der Waals surface area contributed by atoms with Gasteiger partial charge in [0, 0.05) is 38.6 Å². The van der Waals surface area contributed by atoms with Crippen molar-refractivity contribution in [2.75, 3.05) is 27.3 Å². The Labute approximate surface area is 182 Å². The number of β-lactam (4-membered cyclic amide) rings is 1. The van der Waals surface area contributed by atoms with Crippen molar-refractivity contribution in [3.05, 3.63) is 71.1 Å². The number of amides is 2. The Kier molecular flexibility index (Phi) is 6.04. The fourth-order valence-electron chi connectivity index (χ4n) is 4.26. The molecule has 0 spiro atoms. The van der Waals surface area contributed by atoms with Gasteiger partial charge in [0.15, 0.2) is 6.10 Å². The summed E-state index contributed by atoms with van der Waals surface area (Å²) in [5.41, 5.74) is 3.55. The van der Waals surface area contributed by atoms with Crippen LogP contribution in [0.3, 0.4) is 0 Å². The Morgan fingerprint density at radius 1 is 1.19 bits per heavy atom. The summed E-state index contributed by atoms with van der Waals surface area (Å²) in [6.07, 6.45) is 4.00. The Hall–Kier alpha value is -3.19. The van der Waals surface area contributed by atoms with Gasteiger partial charge < -0.3 is 19.3 Å². The van der Waals surface area contributed by atoms with Crippen molar-refractivity contribution in [3.63, 3.8) is 0 Å². The minimum absolute atomic E-state index is 0.00583. The Morgan fingerprint density at radius 2 is 1.97 bits per heavy atom. The molecule has 4 rings (SSSR count). The summed E-state index contributed by atoms with van der Waals surface area (Å²) in [5, 5.41) is 0. The SMILES string of the molecule is COc1ccc(CN2C(=O)C(OC)C2C2=CCN(C(=O)c3cccnc3C)CC2)cc1. The molecular weight excluding hydrogens is 394 g/mol. The molecule has 0 radical (unpaired) electrons. The molecule has 2 atom stereocenters. The van der Waals surface area contributed by atoms with Gasteiger partial charge in [-0.3, -0.25) is 14.6 Å². The van der Waals surface area contributed by atoms with E-state index in [0.717, 1.165) is 22.6 Å². The number of carbonyl (C=O) groups excluding carboxylic acids is 2. The zero-order valence-electron chi connectivity index (χ0n) is 18.1. The molecule has 7 nitrogen and oxygen atoms in total. The maximum Gasteiger partial charge on any atom is 0.255 e. The molecule has 0 saturated carbocycles. The first-order valence-corrected chi connectivity index (χ1v) is 10.4. The van der Waals surface area contributed by atoms with Gasteiger partial charge in [0.2, 0.25) is 0 Å². The van der Waals surface area contributed by atoms with E-state index >= 15 is 0 Å². The lowest BCUT2D eigenvalue weighted by Gasteiger charge is -2.48. The van der Waals surface area contributed by atoms with E-state index in [2.05, 4.69) is 11.1 Å². The van der Waals surface area contributed by atoms with Crippen LogP contribution in [0.2, 0.25) is 0 Å². The number of aryl methyl sites for hydroxylation is 1. The number of methoxy groups -OCH3 is 2. The lowest BCUT2D eigenvalue weighted by Crippen LogP contribution is -2.66. The summed E-state index contributed by atoms with van der Waals surface area (Å²) < 4.78 is 10.7. The molecule has 1 aromatic carbocycles. The third-order valence-corrected chi connectivity index (χ3v) is 6.06. The van der Waals surface area contributed by atoms with E-state index in [1.54, 1.807) is 26.5 Å². The normalized spacial score (nSPS) is 20.9. The van der Waals surface area contributed by atoms with Gasteiger partial charge in [0.05, 0.1) is 18.7 Å². The van der Waals surface area contributed by atoms with Crippen LogP contribution in [0.15, 0.2) is 54.2 Å². The summed E-state index contributed by atoms with van der Waals surface area (Å²) in [4.78, 5) is 33.4. The second-order valence-electron chi connectivity index (χ2n) is 7.83. The Bertz CT molecular complexity index is 1000. The Morgan fingerprint density at radius 3 is 2.58 bits per heavy atom. The number of aromatic nitrogens is 1. The predicted molar refractivity (Wildman–Crippen MR) is 116 cm³/mol. The molecule has 0 N–H and O–H groups in total. The third kappa shape index (κ3) is 4.05. The second kappa shape index (κ2) is 8.89. The first kappa shape index (κ1) is 21.1. The summed E-state index contributed by atoms with van der Waals surface area (Å²) in [6, 6.07) is 11.2. The predicted octanol–water partition coefficient (Wildman–Crippen LogP) is 2.60. The second-order valence-corrected chi connectivity index (χ2v) is 7.83. The van der Waals surface area contributed by atoms with Crippen LogP contribution in [-0.2, 0) is 16.1 Å². The highest BCUT2D eigenvalue weighted by Crippen LogP contribution is 2.33. The molecule has 2 unspecified atom stereocenters. The zero-order chi connectivity index (χ0) is 22.0. The van der Waals surface area contributed by atoms with Crippen LogP contribution >= 0.6 is 0 Å². The molecule has 7 heteroatoms. The fraction of sp³-hybridized carbons (Fsp3) is 0.375. The van der Waals surface area contributed by atoms with Gasteiger partial charge in [0.1, 0.15) is 5.75 Å². The maximum absolute atomic E-state index is 12.9. The lowest BCUT2D eigenvalue weighted by molar-refractivity contribution is -0.168. The average Bonchev–Trinajstić information content (AvgIpc) is 2.81. The molecule has 0 bridgehead atoms. The van der Waals surface area contributed by atoms with Crippen molar-refractivity contribution in [1.82, 2.24) is 14.8 Å². The Balaban J connectivity index is 1.47. The summed E-state index contributed by atoms with van der Waals surface area (Å²) in [5.74, 6) is 0.770. The molecule has 1 fully saturated rings. The molecule has 3 heterocycles. The molecule has 2 aliphatic heterocycles. The van der Waals surface area contributed by atoms with Gasteiger partial charge in [-0.15, -0.1) is 0 Å². The van der Waals surface area contributed by atoms with E-state index in [1.165, 1.54) is 0 Å². The summed E-state index contributed by atoms with van der Waals surface area (Å²) >= 11 is 0. The first-order chi connectivity index (χ1) is 15.0. The summed E-state index contributed by atoms with van der Waals surface area (Å²) in [7, 11) is 3.21. The van der Waals surface area contributed by atoms with Crippen molar-refractivity contribution in [2.24, 2.45) is 0 Å². The molecule has 0 aliphatic carbocycles. The topological polar surface area (TPSA) is 72.0 Å². The molecule has 2 aromatic rings. The van der Waals surface area contributed by atoms with Crippen LogP contribution in [0.4, 0.5) is 0 Å². The van der Waals surface area contributed by atoms with E-state index in [-0.39, 0.29) is 17.9 Å². The van der Waals surface area contributed by atoms with Crippen LogP contribution in [0, 0.1) is 6.92 Å². The van der Waals surface area contributed by atoms with Crippen LogP contribution in [-0.4, -0.2) is 66.1 Å². The highest BCUT2D eigenvalue weighted by Gasteiger charge is 2.49. The molecule has 31 heavy (non-hydrogen) atoms. The lowest BCUT2D eigenvalue weighted by atomic mass is 9.86. The monoisotopic (exact) mass is 421 g/mol. The summed E-state index contributed by atoms with van der Waals surface area (Å²) in [6.45, 7) is 3.48. The van der Waals surface area contributed by atoms with Gasteiger partial charge in [0.25, 0.3) is 11.8 Å². The van der Waals surface area contributed by atoms with E-state index in [0.29, 0.717) is 31.6 Å². The van der Waals surface area contributed by atoms with Crippen LogP contribution < -0.4 is 4.74 Å². The molecule has 2 aliphatic rings. The van der Waals surface area contributed by atoms with Gasteiger partial charge >= 0.3 is 0 Å². The zero-order valence-corrected chi connectivity index (χ0v) is 18.1. The van der Waals surface area contributed by atoms with Crippen LogP contribution in [0.1, 0.15) is 28.0 Å². The number of benzene rings is 1. The number of pyridine rings is 1. The number of hydrogen-bond donors (Lipinski definition) is 0. The number of rotatable bonds is 6. The number of carbonyl (C=O) groups is 2. The number of nitrogens with zero attached hydrogens (tertiary/aromatic N) is 3. The van der Waals surface area contributed by atoms with E-state index < -0.39 is 6.10 Å². The van der Waals surface area contributed by atoms with E-state index in [1.807, 2.05) is 47.1 Å². The fourth-order valence-corrected chi connectivity index (χ4v) is 4.26. The van der Waals surface area contributed by atoms with Crippen molar-refractivity contribution < 1.29 is 19.1 Å². The molecular formula is C24H27N3O4. The van der Waals surface area contributed by atoms with Gasteiger partial charge in [-0.2, -0.15) is 0 Å². The number of likely N-dealkylation sites (tertiary alicyclic amines) is 1. The number of ether oxygens (including phenoxy) is 2. The average molecular weight is 421 g/mol. The quantitative estimate of drug-likeness (QED) is 0.530. The van der Waals surface area contributed by atoms with Crippen molar-refractivity contribution in [2.45, 2.75) is 32.0 Å². The largest absolute Gasteiger partial charge is 0.497 e. The minimum Gasteiger partial charge on any atom is -0.497 e. The molecule has 162 valence electrons. The van der Waals surface area contributed by atoms with Crippen molar-refractivity contribution >= 4 is 11.8 Å². The van der Waals surface area contributed by atoms with Crippen LogP contribution in [0.5, 0.6) is 5.75 Å². The molecule has 2 amide bonds. The maximum atomic E-state index is 12.9. The van der Waals surface area contributed by atoms with Gasteiger partial charge in [-0.1, -0.05) is 18.2 Å². The third-order valence-electron chi connectivity index (χ3n) is 6.06. The van der Waals surface area contributed by atoms with Gasteiger partial charge in [-0.05, 0) is 48.7 Å². The molecule has 1 saturated heterocycles. The molecule has 1 aromatic heterocycles. The van der Waals surface area contributed by atoms with E-state index in [4.69, 9.17) is 9.47 Å². The van der Waals surface area contributed by atoms with Crippen LogP contribution in [0.25, 0.3) is 0 Å². The number of hydrogen-bond acceptors (Lipinski definition) is 5. The first-order valence-electron chi connectivity index (χ1n) is 10.4. The van der Waals surface area contributed by atoms with E-state index in [9.17, 15) is 9.59 Å². The van der Waals surface area contributed by atoms with Crippen molar-refractivity contribution in [3.8, 4) is 5.75 Å². The van der Waals surface area contributed by atoms with Gasteiger partial charge in [-0.25, -0.2) is 0 Å². The highest BCUT2D eigenvalue weighted by atomic mass is 16.5.